The number of carboxylic acids is 1. The predicted molar refractivity (Wildman–Crippen MR) is 76.2 cm³/mol. The number of pyridine rings is 1. The van der Waals surface area contributed by atoms with Crippen molar-refractivity contribution in [3.8, 4) is 0 Å². The van der Waals surface area contributed by atoms with Gasteiger partial charge in [0.1, 0.15) is 5.56 Å². The van der Waals surface area contributed by atoms with Crippen LogP contribution in [0.25, 0.3) is 11.0 Å². The molecule has 6 heteroatoms. The van der Waals surface area contributed by atoms with Gasteiger partial charge in [-0.25, -0.2) is 14.5 Å². The summed E-state index contributed by atoms with van der Waals surface area (Å²) in [6.07, 6.45) is 4.37. The van der Waals surface area contributed by atoms with E-state index in [0.29, 0.717) is 11.7 Å². The van der Waals surface area contributed by atoms with Crippen molar-refractivity contribution in [3.05, 3.63) is 17.5 Å². The fourth-order valence-corrected chi connectivity index (χ4v) is 2.43. The van der Waals surface area contributed by atoms with E-state index in [2.05, 4.69) is 15.4 Å². The van der Waals surface area contributed by atoms with Gasteiger partial charge in [0.15, 0.2) is 5.65 Å². The monoisotopic (exact) mass is 274 g/mol. The van der Waals surface area contributed by atoms with Crippen LogP contribution in [-0.4, -0.2) is 31.9 Å². The average Bonchev–Trinajstić information content (AvgIpc) is 3.17. The molecule has 0 aromatic carbocycles. The van der Waals surface area contributed by atoms with E-state index in [1.807, 2.05) is 18.5 Å². The first-order valence-corrected chi connectivity index (χ1v) is 7.03. The van der Waals surface area contributed by atoms with Crippen LogP contribution < -0.4 is 5.32 Å². The highest BCUT2D eigenvalue weighted by Crippen LogP contribution is 2.34. The summed E-state index contributed by atoms with van der Waals surface area (Å²) in [5.74, 6) is -0.950. The first kappa shape index (κ1) is 12.9. The van der Waals surface area contributed by atoms with Crippen molar-refractivity contribution in [2.75, 3.05) is 5.32 Å². The second kappa shape index (κ2) is 4.77. The van der Waals surface area contributed by atoms with E-state index >= 15 is 0 Å². The third kappa shape index (κ3) is 2.01. The maximum absolute atomic E-state index is 11.4. The summed E-state index contributed by atoms with van der Waals surface area (Å²) in [7, 11) is 0. The topological polar surface area (TPSA) is 80.0 Å². The lowest BCUT2D eigenvalue weighted by Gasteiger charge is -2.10. The van der Waals surface area contributed by atoms with Gasteiger partial charge in [0.25, 0.3) is 0 Å². The summed E-state index contributed by atoms with van der Waals surface area (Å²) < 4.78 is 1.83. The van der Waals surface area contributed by atoms with E-state index in [0.717, 1.165) is 42.5 Å². The minimum absolute atomic E-state index is 0.231. The number of carboxylic acid groups (broad SMARTS) is 1. The summed E-state index contributed by atoms with van der Waals surface area (Å²) in [5, 5.41) is 18.1. The Kier molecular flexibility index (Phi) is 3.08. The van der Waals surface area contributed by atoms with Gasteiger partial charge in [0.2, 0.25) is 0 Å². The number of nitrogens with zero attached hydrogens (tertiary/aromatic N) is 3. The van der Waals surface area contributed by atoms with Gasteiger partial charge in [-0.3, -0.25) is 0 Å². The molecule has 2 aromatic heterocycles. The molecule has 106 valence electrons. The first-order valence-electron chi connectivity index (χ1n) is 7.03. The molecule has 2 N–H and O–H groups in total. The van der Waals surface area contributed by atoms with Crippen molar-refractivity contribution in [2.24, 2.45) is 0 Å². The molecule has 0 radical (unpaired) electrons. The SMILES string of the molecule is CCc1nn(CC)c2ncc(C(=O)O)c(NC3CC3)c12. The Morgan fingerprint density at radius 3 is 2.80 bits per heavy atom. The fourth-order valence-electron chi connectivity index (χ4n) is 2.43. The number of fused-ring (bicyclic) bond motifs is 1. The van der Waals surface area contributed by atoms with E-state index in [1.54, 1.807) is 0 Å². The molecule has 1 fully saturated rings. The molecule has 0 atom stereocenters. The molecular weight excluding hydrogens is 256 g/mol. The molecule has 0 amide bonds. The normalized spacial score (nSPS) is 14.7. The van der Waals surface area contributed by atoms with Gasteiger partial charge in [-0.1, -0.05) is 6.92 Å². The van der Waals surface area contributed by atoms with E-state index < -0.39 is 5.97 Å². The second-order valence-electron chi connectivity index (χ2n) is 5.09. The Bertz CT molecular complexity index is 673. The van der Waals surface area contributed by atoms with Crippen LogP contribution in [0, 0.1) is 0 Å². The van der Waals surface area contributed by atoms with Gasteiger partial charge in [0.05, 0.1) is 16.8 Å². The number of anilines is 1. The molecule has 2 heterocycles. The van der Waals surface area contributed by atoms with Crippen LogP contribution in [0.5, 0.6) is 0 Å². The van der Waals surface area contributed by atoms with Crippen LogP contribution in [0.2, 0.25) is 0 Å². The number of nitrogens with one attached hydrogen (secondary N) is 1. The molecule has 3 rings (SSSR count). The van der Waals surface area contributed by atoms with E-state index in [1.165, 1.54) is 6.20 Å². The van der Waals surface area contributed by atoms with Crippen molar-refractivity contribution in [3.63, 3.8) is 0 Å². The van der Waals surface area contributed by atoms with Crippen LogP contribution in [-0.2, 0) is 13.0 Å². The second-order valence-corrected chi connectivity index (χ2v) is 5.09. The maximum atomic E-state index is 11.4. The minimum Gasteiger partial charge on any atom is -0.478 e. The van der Waals surface area contributed by atoms with E-state index in [-0.39, 0.29) is 5.56 Å². The van der Waals surface area contributed by atoms with Crippen LogP contribution in [0.4, 0.5) is 5.69 Å². The maximum Gasteiger partial charge on any atom is 0.339 e. The summed E-state index contributed by atoms with van der Waals surface area (Å²) in [6, 6.07) is 0.383. The lowest BCUT2D eigenvalue weighted by Crippen LogP contribution is -2.10. The Hall–Kier alpha value is -2.11. The lowest BCUT2D eigenvalue weighted by molar-refractivity contribution is 0.0697. The van der Waals surface area contributed by atoms with Gasteiger partial charge < -0.3 is 10.4 Å². The van der Waals surface area contributed by atoms with Gasteiger partial charge in [-0.15, -0.1) is 0 Å². The third-order valence-electron chi connectivity index (χ3n) is 3.62. The lowest BCUT2D eigenvalue weighted by atomic mass is 10.1. The number of hydrogen-bond donors (Lipinski definition) is 2. The summed E-state index contributed by atoms with van der Waals surface area (Å²) in [5.41, 5.74) is 2.58. The standard InChI is InChI=1S/C14H18N4O2/c1-3-10-11-12(16-8-5-6-8)9(14(19)20)7-15-13(11)18(4-2)17-10/h7-8H,3-6H2,1-2H3,(H,15,16)(H,19,20). The van der Waals surface area contributed by atoms with E-state index in [4.69, 9.17) is 0 Å². The zero-order chi connectivity index (χ0) is 14.3. The number of rotatable bonds is 5. The zero-order valence-corrected chi connectivity index (χ0v) is 11.7. The van der Waals surface area contributed by atoms with Crippen molar-refractivity contribution in [1.29, 1.82) is 0 Å². The van der Waals surface area contributed by atoms with Gasteiger partial charge >= 0.3 is 5.97 Å². The molecule has 1 aliphatic rings. The smallest absolute Gasteiger partial charge is 0.339 e. The number of hydrogen-bond acceptors (Lipinski definition) is 4. The fraction of sp³-hybridized carbons (Fsp3) is 0.500. The summed E-state index contributed by atoms with van der Waals surface area (Å²) >= 11 is 0. The van der Waals surface area contributed by atoms with Crippen molar-refractivity contribution < 1.29 is 9.90 Å². The Morgan fingerprint density at radius 2 is 2.25 bits per heavy atom. The van der Waals surface area contributed by atoms with Crippen molar-refractivity contribution >= 4 is 22.7 Å². The summed E-state index contributed by atoms with van der Waals surface area (Å²) in [6.45, 7) is 4.75. The molecule has 2 aromatic rings. The molecular formula is C14H18N4O2. The average molecular weight is 274 g/mol. The van der Waals surface area contributed by atoms with Gasteiger partial charge in [-0.2, -0.15) is 5.10 Å². The third-order valence-corrected chi connectivity index (χ3v) is 3.62. The molecule has 1 saturated carbocycles. The van der Waals surface area contributed by atoms with Gasteiger partial charge in [-0.05, 0) is 26.2 Å². The highest BCUT2D eigenvalue weighted by atomic mass is 16.4. The predicted octanol–water partition coefficient (Wildman–Crippen LogP) is 2.29. The molecule has 20 heavy (non-hydrogen) atoms. The highest BCUT2D eigenvalue weighted by Gasteiger charge is 2.27. The number of aromatic nitrogens is 3. The largest absolute Gasteiger partial charge is 0.478 e. The first-order chi connectivity index (χ1) is 9.65. The Labute approximate surface area is 116 Å². The molecule has 0 spiro atoms. The minimum atomic E-state index is -0.950. The highest BCUT2D eigenvalue weighted by molar-refractivity contribution is 6.04. The molecule has 0 unspecified atom stereocenters. The molecule has 0 bridgehead atoms. The molecule has 0 aliphatic heterocycles. The number of aromatic carboxylic acids is 1. The van der Waals surface area contributed by atoms with Crippen LogP contribution >= 0.6 is 0 Å². The Balaban J connectivity index is 2.28. The molecule has 1 aliphatic carbocycles. The van der Waals surface area contributed by atoms with Crippen molar-refractivity contribution in [2.45, 2.75) is 45.7 Å². The van der Waals surface area contributed by atoms with Crippen LogP contribution in [0.3, 0.4) is 0 Å². The Morgan fingerprint density at radius 1 is 1.50 bits per heavy atom. The molecule has 0 saturated heterocycles. The van der Waals surface area contributed by atoms with E-state index in [9.17, 15) is 9.90 Å². The van der Waals surface area contributed by atoms with Crippen molar-refractivity contribution in [1.82, 2.24) is 14.8 Å². The number of carbonyl (C=O) groups is 1. The number of aryl methyl sites for hydroxylation is 2. The quantitative estimate of drug-likeness (QED) is 0.874. The summed E-state index contributed by atoms with van der Waals surface area (Å²) in [4.78, 5) is 15.7. The van der Waals surface area contributed by atoms with Crippen LogP contribution in [0.15, 0.2) is 6.20 Å². The van der Waals surface area contributed by atoms with Crippen LogP contribution in [0.1, 0.15) is 42.7 Å². The van der Waals surface area contributed by atoms with Gasteiger partial charge in [0, 0.05) is 18.8 Å². The zero-order valence-electron chi connectivity index (χ0n) is 11.7. The molecule has 6 nitrogen and oxygen atoms in total.